The van der Waals surface area contributed by atoms with Gasteiger partial charge in [0.15, 0.2) is 0 Å². The van der Waals surface area contributed by atoms with E-state index >= 15 is 0 Å². The number of nitrogens with two attached hydrogens (primary N) is 2. The average Bonchev–Trinajstić information content (AvgIpc) is 2.83. The van der Waals surface area contributed by atoms with Crippen molar-refractivity contribution in [1.29, 1.82) is 0 Å². The molecule has 21 heavy (non-hydrogen) atoms. The summed E-state index contributed by atoms with van der Waals surface area (Å²) in [5, 5.41) is 3.28. The molecule has 8 heteroatoms. The van der Waals surface area contributed by atoms with Gasteiger partial charge in [-0.1, -0.05) is 6.08 Å². The average molecular weight is 310 g/mol. The molecule has 1 aliphatic rings. The maximum absolute atomic E-state index is 12.1. The highest BCUT2D eigenvalue weighted by molar-refractivity contribution is 7.19. The summed E-state index contributed by atoms with van der Waals surface area (Å²) in [5.41, 5.74) is 11.7. The lowest BCUT2D eigenvalue weighted by Gasteiger charge is -2.28. The predicted molar refractivity (Wildman–Crippen MR) is 82.8 cm³/mol. The molecule has 0 spiro atoms. The van der Waals surface area contributed by atoms with Gasteiger partial charge in [-0.15, -0.1) is 17.9 Å². The number of morpholine rings is 1. The van der Waals surface area contributed by atoms with Crippen LogP contribution in [0.3, 0.4) is 0 Å². The van der Waals surface area contributed by atoms with E-state index in [2.05, 4.69) is 11.9 Å². The summed E-state index contributed by atoms with van der Waals surface area (Å²) in [5.74, 6) is -0.965. The third kappa shape index (κ3) is 3.17. The summed E-state index contributed by atoms with van der Waals surface area (Å²) in [4.78, 5) is 26.0. The molecule has 1 aliphatic heterocycles. The van der Waals surface area contributed by atoms with Crippen LogP contribution in [0.4, 0.5) is 10.7 Å². The molecule has 2 rings (SSSR count). The van der Waals surface area contributed by atoms with Crippen LogP contribution >= 0.6 is 11.3 Å². The van der Waals surface area contributed by atoms with Crippen LogP contribution in [0.2, 0.25) is 0 Å². The highest BCUT2D eigenvalue weighted by Gasteiger charge is 2.27. The number of carbonyl (C=O) groups excluding carboxylic acids is 2. The van der Waals surface area contributed by atoms with Gasteiger partial charge in [-0.25, -0.2) is 0 Å². The molecule has 2 heterocycles. The number of ether oxygens (including phenoxy) is 1. The van der Waals surface area contributed by atoms with Crippen molar-refractivity contribution in [2.75, 3.05) is 43.5 Å². The van der Waals surface area contributed by atoms with Gasteiger partial charge in [0.25, 0.3) is 11.8 Å². The van der Waals surface area contributed by atoms with Crippen molar-refractivity contribution in [3.8, 4) is 0 Å². The first-order valence-corrected chi connectivity index (χ1v) is 7.31. The Labute approximate surface area is 126 Å². The highest BCUT2D eigenvalue weighted by Crippen LogP contribution is 2.38. The van der Waals surface area contributed by atoms with Gasteiger partial charge < -0.3 is 26.4 Å². The zero-order valence-corrected chi connectivity index (χ0v) is 12.4. The summed E-state index contributed by atoms with van der Waals surface area (Å²) in [6, 6.07) is 0. The van der Waals surface area contributed by atoms with Crippen LogP contribution in [0.5, 0.6) is 0 Å². The second kappa shape index (κ2) is 6.59. The molecule has 2 amide bonds. The van der Waals surface area contributed by atoms with Gasteiger partial charge in [0.2, 0.25) is 0 Å². The molecule has 0 aromatic carbocycles. The van der Waals surface area contributed by atoms with Gasteiger partial charge in [-0.05, 0) is 0 Å². The van der Waals surface area contributed by atoms with Crippen molar-refractivity contribution in [1.82, 2.24) is 5.32 Å². The molecule has 0 bridgehead atoms. The highest BCUT2D eigenvalue weighted by atomic mass is 32.1. The first-order valence-electron chi connectivity index (χ1n) is 6.50. The second-order valence-electron chi connectivity index (χ2n) is 4.49. The molecule has 0 saturated carbocycles. The third-order valence-electron chi connectivity index (χ3n) is 3.08. The topological polar surface area (TPSA) is 111 Å². The molecule has 114 valence electrons. The standard InChI is InChI=1S/C13H18N4O3S/c1-2-3-16-12(19)10-9(14)8(11(15)18)13(21-10)17-4-6-20-7-5-17/h2H,1,3-7,14H2,(H2,15,18)(H,16,19). The third-order valence-corrected chi connectivity index (χ3v) is 4.35. The van der Waals surface area contributed by atoms with E-state index in [1.165, 1.54) is 11.3 Å². The fourth-order valence-electron chi connectivity index (χ4n) is 2.07. The summed E-state index contributed by atoms with van der Waals surface area (Å²) in [6.07, 6.45) is 1.57. The van der Waals surface area contributed by atoms with Crippen LogP contribution in [0, 0.1) is 0 Å². The molecule has 7 nitrogen and oxygen atoms in total. The minimum Gasteiger partial charge on any atom is -0.397 e. The SMILES string of the molecule is C=CCNC(=O)c1sc(N2CCOCC2)c(C(N)=O)c1N. The maximum Gasteiger partial charge on any atom is 0.263 e. The van der Waals surface area contributed by atoms with E-state index in [4.69, 9.17) is 16.2 Å². The first-order chi connectivity index (χ1) is 10.1. The maximum atomic E-state index is 12.1. The van der Waals surface area contributed by atoms with Crippen LogP contribution in [-0.2, 0) is 4.74 Å². The quantitative estimate of drug-likeness (QED) is 0.672. The van der Waals surface area contributed by atoms with Crippen LogP contribution in [-0.4, -0.2) is 44.7 Å². The van der Waals surface area contributed by atoms with Crippen molar-refractivity contribution in [2.45, 2.75) is 0 Å². The summed E-state index contributed by atoms with van der Waals surface area (Å²) in [6.45, 7) is 6.26. The molecule has 0 radical (unpaired) electrons. The summed E-state index contributed by atoms with van der Waals surface area (Å²) < 4.78 is 5.28. The second-order valence-corrected chi connectivity index (χ2v) is 5.49. The molecule has 0 unspecified atom stereocenters. The molecule has 5 N–H and O–H groups in total. The fraction of sp³-hybridized carbons (Fsp3) is 0.385. The van der Waals surface area contributed by atoms with E-state index in [1.54, 1.807) is 6.08 Å². The van der Waals surface area contributed by atoms with Gasteiger partial charge in [0.05, 0.1) is 24.5 Å². The molecule has 1 fully saturated rings. The van der Waals surface area contributed by atoms with Gasteiger partial charge >= 0.3 is 0 Å². The normalized spacial score (nSPS) is 14.8. The van der Waals surface area contributed by atoms with Crippen LogP contribution in [0.1, 0.15) is 20.0 Å². The fourth-order valence-corrected chi connectivity index (χ4v) is 3.27. The first kappa shape index (κ1) is 15.3. The zero-order valence-electron chi connectivity index (χ0n) is 11.6. The van der Waals surface area contributed by atoms with E-state index in [0.29, 0.717) is 42.7 Å². The number of amides is 2. The zero-order chi connectivity index (χ0) is 15.4. The van der Waals surface area contributed by atoms with Crippen LogP contribution < -0.4 is 21.7 Å². The minimum atomic E-state index is -0.631. The number of thiophene rings is 1. The summed E-state index contributed by atoms with van der Waals surface area (Å²) >= 11 is 1.18. The Morgan fingerprint density at radius 2 is 2.10 bits per heavy atom. The molecule has 0 atom stereocenters. The van der Waals surface area contributed by atoms with Gasteiger partial charge in [-0.3, -0.25) is 9.59 Å². The van der Waals surface area contributed by atoms with E-state index < -0.39 is 5.91 Å². The lowest BCUT2D eigenvalue weighted by molar-refractivity contribution is 0.0962. The number of rotatable bonds is 5. The molecular formula is C13H18N4O3S. The number of nitrogens with one attached hydrogen (secondary N) is 1. The van der Waals surface area contributed by atoms with E-state index in [0.717, 1.165) is 0 Å². The molecule has 1 aromatic rings. The molecule has 0 aliphatic carbocycles. The number of hydrogen-bond acceptors (Lipinski definition) is 6. The number of hydrogen-bond donors (Lipinski definition) is 3. The van der Waals surface area contributed by atoms with Crippen LogP contribution in [0.25, 0.3) is 0 Å². The van der Waals surface area contributed by atoms with E-state index in [-0.39, 0.29) is 17.2 Å². The van der Waals surface area contributed by atoms with E-state index in [1.807, 2.05) is 4.90 Å². The van der Waals surface area contributed by atoms with Gasteiger partial charge in [-0.2, -0.15) is 0 Å². The monoisotopic (exact) mass is 310 g/mol. The number of anilines is 2. The number of nitrogen functional groups attached to an aromatic ring is 1. The summed E-state index contributed by atoms with van der Waals surface area (Å²) in [7, 11) is 0. The number of nitrogens with zero attached hydrogens (tertiary/aromatic N) is 1. The van der Waals surface area contributed by atoms with Crippen molar-refractivity contribution in [2.24, 2.45) is 5.73 Å². The minimum absolute atomic E-state index is 0.135. The molecular weight excluding hydrogens is 292 g/mol. The van der Waals surface area contributed by atoms with Gasteiger partial charge in [0.1, 0.15) is 9.88 Å². The molecule has 1 aromatic heterocycles. The van der Waals surface area contributed by atoms with Crippen molar-refractivity contribution in [3.63, 3.8) is 0 Å². The Hall–Kier alpha value is -2.06. The Balaban J connectivity index is 2.37. The number of carbonyl (C=O) groups is 2. The smallest absolute Gasteiger partial charge is 0.263 e. The van der Waals surface area contributed by atoms with Crippen molar-refractivity contribution >= 4 is 33.8 Å². The number of primary amides is 1. The lowest BCUT2D eigenvalue weighted by Crippen LogP contribution is -2.36. The van der Waals surface area contributed by atoms with Crippen molar-refractivity contribution < 1.29 is 14.3 Å². The Kier molecular flexibility index (Phi) is 4.81. The van der Waals surface area contributed by atoms with Crippen LogP contribution in [0.15, 0.2) is 12.7 Å². The predicted octanol–water partition coefficient (Wildman–Crippen LogP) is 0.182. The largest absolute Gasteiger partial charge is 0.397 e. The Bertz CT molecular complexity index is 564. The lowest BCUT2D eigenvalue weighted by atomic mass is 10.2. The van der Waals surface area contributed by atoms with Gasteiger partial charge in [0, 0.05) is 19.6 Å². The van der Waals surface area contributed by atoms with Crippen molar-refractivity contribution in [3.05, 3.63) is 23.1 Å². The van der Waals surface area contributed by atoms with E-state index in [9.17, 15) is 9.59 Å². The Morgan fingerprint density at radius 3 is 2.67 bits per heavy atom. The molecule has 1 saturated heterocycles. The Morgan fingerprint density at radius 1 is 1.43 bits per heavy atom.